The molecule has 0 unspecified atom stereocenters. The van der Waals surface area contributed by atoms with Crippen molar-refractivity contribution >= 4 is 27.4 Å². The molecule has 0 radical (unpaired) electrons. The van der Waals surface area contributed by atoms with E-state index in [0.29, 0.717) is 11.4 Å². The first kappa shape index (κ1) is 20.3. The van der Waals surface area contributed by atoms with Crippen molar-refractivity contribution in [2.75, 3.05) is 37.4 Å². The molecule has 2 aromatic rings. The molecule has 1 aromatic heterocycles. The molecule has 1 saturated heterocycles. The van der Waals surface area contributed by atoms with Crippen LogP contribution < -0.4 is 10.2 Å². The summed E-state index contributed by atoms with van der Waals surface area (Å²) in [6, 6.07) is 8.36. The number of nitrogens with one attached hydrogen (secondary N) is 1. The Labute approximate surface area is 166 Å². The van der Waals surface area contributed by atoms with Gasteiger partial charge in [-0.1, -0.05) is 6.07 Å². The number of carbonyl (C=O) groups excluding carboxylic acids is 1. The van der Waals surface area contributed by atoms with Crippen LogP contribution in [0.4, 0.5) is 11.5 Å². The highest BCUT2D eigenvalue weighted by molar-refractivity contribution is 7.89. The molecule has 0 bridgehead atoms. The van der Waals surface area contributed by atoms with E-state index in [1.807, 2.05) is 13.0 Å². The molecule has 1 fully saturated rings. The van der Waals surface area contributed by atoms with Gasteiger partial charge in [0.05, 0.1) is 10.5 Å². The number of sulfonamides is 1. The van der Waals surface area contributed by atoms with Crippen LogP contribution in [0.15, 0.2) is 41.4 Å². The van der Waals surface area contributed by atoms with Crippen molar-refractivity contribution in [3.05, 3.63) is 47.7 Å². The minimum absolute atomic E-state index is 0.0975. The van der Waals surface area contributed by atoms with E-state index in [1.165, 1.54) is 26.6 Å². The summed E-state index contributed by atoms with van der Waals surface area (Å²) in [5, 5.41) is 2.79. The van der Waals surface area contributed by atoms with Gasteiger partial charge >= 0.3 is 0 Å². The fourth-order valence-corrected chi connectivity index (χ4v) is 4.13. The largest absolute Gasteiger partial charge is 0.371 e. The summed E-state index contributed by atoms with van der Waals surface area (Å²) in [4.78, 5) is 19.5. The van der Waals surface area contributed by atoms with E-state index >= 15 is 0 Å². The third-order valence-corrected chi connectivity index (χ3v) is 6.65. The average Bonchev–Trinajstić information content (AvgIpc) is 2.69. The maximum absolute atomic E-state index is 13.0. The summed E-state index contributed by atoms with van der Waals surface area (Å²) in [5.74, 6) is 0.0637. The first-order chi connectivity index (χ1) is 13.3. The van der Waals surface area contributed by atoms with Crippen LogP contribution in [0.1, 0.15) is 35.2 Å². The van der Waals surface area contributed by atoms with Crippen LogP contribution in [0, 0.1) is 6.92 Å². The van der Waals surface area contributed by atoms with Gasteiger partial charge in [0.2, 0.25) is 10.0 Å². The highest BCUT2D eigenvalue weighted by Gasteiger charge is 2.24. The smallest absolute Gasteiger partial charge is 0.258 e. The lowest BCUT2D eigenvalue weighted by Crippen LogP contribution is -2.32. The van der Waals surface area contributed by atoms with Crippen molar-refractivity contribution in [3.8, 4) is 0 Å². The molecule has 1 aromatic carbocycles. The van der Waals surface area contributed by atoms with E-state index in [-0.39, 0.29) is 10.8 Å². The molecule has 1 amide bonds. The minimum Gasteiger partial charge on any atom is -0.371 e. The van der Waals surface area contributed by atoms with Crippen LogP contribution in [-0.4, -0.2) is 50.8 Å². The Bertz CT molecular complexity index is 950. The monoisotopic (exact) mass is 402 g/mol. The third-order valence-electron chi connectivity index (χ3n) is 4.84. The molecule has 0 aliphatic carbocycles. The number of benzene rings is 1. The van der Waals surface area contributed by atoms with Gasteiger partial charge in [-0.2, -0.15) is 0 Å². The Morgan fingerprint density at radius 3 is 2.43 bits per heavy atom. The number of rotatable bonds is 5. The molecule has 1 aliphatic heterocycles. The van der Waals surface area contributed by atoms with Gasteiger partial charge in [-0.15, -0.1) is 0 Å². The second-order valence-corrected chi connectivity index (χ2v) is 9.34. The summed E-state index contributed by atoms with van der Waals surface area (Å²) in [6.45, 7) is 3.62. The Morgan fingerprint density at radius 2 is 1.82 bits per heavy atom. The van der Waals surface area contributed by atoms with Gasteiger partial charge in [-0.05, 0) is 56.0 Å². The number of hydrogen-bond acceptors (Lipinski definition) is 5. The van der Waals surface area contributed by atoms with Crippen molar-refractivity contribution in [3.63, 3.8) is 0 Å². The maximum atomic E-state index is 13.0. The van der Waals surface area contributed by atoms with Crippen molar-refractivity contribution in [2.45, 2.75) is 31.1 Å². The lowest BCUT2D eigenvalue weighted by atomic mass is 10.1. The molecular weight excluding hydrogens is 376 g/mol. The van der Waals surface area contributed by atoms with E-state index in [0.717, 1.165) is 41.5 Å². The van der Waals surface area contributed by atoms with Gasteiger partial charge in [0.1, 0.15) is 5.82 Å². The fraction of sp³-hybridized carbons (Fsp3) is 0.400. The maximum Gasteiger partial charge on any atom is 0.258 e. The first-order valence-electron chi connectivity index (χ1n) is 9.34. The zero-order valence-electron chi connectivity index (χ0n) is 16.5. The number of aryl methyl sites for hydroxylation is 1. The molecule has 7 nitrogen and oxygen atoms in total. The summed E-state index contributed by atoms with van der Waals surface area (Å²) in [5.41, 5.74) is 2.08. The zero-order valence-corrected chi connectivity index (χ0v) is 17.3. The number of anilines is 2. The van der Waals surface area contributed by atoms with E-state index in [1.54, 1.807) is 24.4 Å². The quantitative estimate of drug-likeness (QED) is 0.832. The lowest BCUT2D eigenvalue weighted by molar-refractivity contribution is 0.102. The predicted molar refractivity (Wildman–Crippen MR) is 110 cm³/mol. The van der Waals surface area contributed by atoms with Gasteiger partial charge in [0, 0.05) is 39.1 Å². The predicted octanol–water partition coefficient (Wildman–Crippen LogP) is 2.88. The Kier molecular flexibility index (Phi) is 6.00. The highest BCUT2D eigenvalue weighted by Crippen LogP contribution is 2.28. The number of aromatic nitrogens is 1. The van der Waals surface area contributed by atoms with Crippen molar-refractivity contribution < 1.29 is 13.2 Å². The summed E-state index contributed by atoms with van der Waals surface area (Å²) in [7, 11) is -0.688. The number of piperidine rings is 1. The minimum atomic E-state index is -3.64. The molecular formula is C20H26N4O3S. The number of pyridine rings is 1. The second kappa shape index (κ2) is 8.28. The van der Waals surface area contributed by atoms with Gasteiger partial charge in [0.15, 0.2) is 0 Å². The topological polar surface area (TPSA) is 82.6 Å². The second-order valence-electron chi connectivity index (χ2n) is 7.19. The van der Waals surface area contributed by atoms with Gasteiger partial charge in [-0.3, -0.25) is 4.79 Å². The Balaban J connectivity index is 2.00. The third kappa shape index (κ3) is 4.34. The molecule has 1 aliphatic rings. The van der Waals surface area contributed by atoms with Crippen LogP contribution >= 0.6 is 0 Å². The molecule has 2 heterocycles. The molecule has 0 atom stereocenters. The Hall–Kier alpha value is -2.45. The molecule has 28 heavy (non-hydrogen) atoms. The van der Waals surface area contributed by atoms with Crippen molar-refractivity contribution in [2.24, 2.45) is 0 Å². The van der Waals surface area contributed by atoms with Crippen LogP contribution in [0.2, 0.25) is 0 Å². The number of amides is 1. The fourth-order valence-electron chi connectivity index (χ4n) is 3.20. The standard InChI is InChI=1S/C20H26N4O3S/c1-15-7-10-19(21-14-15)22-20(25)17-13-16(28(26,27)23(2)3)8-9-18(17)24-11-5-4-6-12-24/h7-10,13-14H,4-6,11-12H2,1-3H3,(H,21,22,25). The molecule has 0 saturated carbocycles. The van der Waals surface area contributed by atoms with Crippen molar-refractivity contribution in [1.82, 2.24) is 9.29 Å². The first-order valence-corrected chi connectivity index (χ1v) is 10.8. The van der Waals surface area contributed by atoms with Crippen LogP contribution in [-0.2, 0) is 10.0 Å². The average molecular weight is 403 g/mol. The zero-order chi connectivity index (χ0) is 20.3. The molecule has 8 heteroatoms. The Morgan fingerprint density at radius 1 is 1.11 bits per heavy atom. The van der Waals surface area contributed by atoms with Gasteiger partial charge < -0.3 is 10.2 Å². The summed E-state index contributed by atoms with van der Waals surface area (Å²) < 4.78 is 26.3. The summed E-state index contributed by atoms with van der Waals surface area (Å²) in [6.07, 6.45) is 4.95. The molecule has 1 N–H and O–H groups in total. The van der Waals surface area contributed by atoms with Gasteiger partial charge in [-0.25, -0.2) is 17.7 Å². The van der Waals surface area contributed by atoms with E-state index in [2.05, 4.69) is 15.2 Å². The number of nitrogens with zero attached hydrogens (tertiary/aromatic N) is 3. The number of carbonyl (C=O) groups is 1. The molecule has 150 valence electrons. The van der Waals surface area contributed by atoms with E-state index < -0.39 is 10.0 Å². The number of hydrogen-bond donors (Lipinski definition) is 1. The van der Waals surface area contributed by atoms with Gasteiger partial charge in [0.25, 0.3) is 5.91 Å². The SMILES string of the molecule is Cc1ccc(NC(=O)c2cc(S(=O)(=O)N(C)C)ccc2N2CCCCC2)nc1. The highest BCUT2D eigenvalue weighted by atomic mass is 32.2. The van der Waals surface area contributed by atoms with Crippen LogP contribution in [0.3, 0.4) is 0 Å². The van der Waals surface area contributed by atoms with E-state index in [4.69, 9.17) is 0 Å². The lowest BCUT2D eigenvalue weighted by Gasteiger charge is -2.30. The molecule has 3 rings (SSSR count). The van der Waals surface area contributed by atoms with Crippen LogP contribution in [0.25, 0.3) is 0 Å². The summed E-state index contributed by atoms with van der Waals surface area (Å²) >= 11 is 0. The normalized spacial score (nSPS) is 14.9. The van der Waals surface area contributed by atoms with E-state index in [9.17, 15) is 13.2 Å². The molecule has 0 spiro atoms. The van der Waals surface area contributed by atoms with Crippen LogP contribution in [0.5, 0.6) is 0 Å². The van der Waals surface area contributed by atoms with Crippen molar-refractivity contribution in [1.29, 1.82) is 0 Å².